The van der Waals surface area contributed by atoms with Crippen LogP contribution in [-0.4, -0.2) is 47.4 Å². The number of aryl methyl sites for hydroxylation is 1. The summed E-state index contributed by atoms with van der Waals surface area (Å²) < 4.78 is 33.5. The summed E-state index contributed by atoms with van der Waals surface area (Å²) in [6.45, 7) is 3.22. The summed E-state index contributed by atoms with van der Waals surface area (Å²) in [5.74, 6) is -1.79. The third-order valence-corrected chi connectivity index (χ3v) is 6.93. The zero-order valence-electron chi connectivity index (χ0n) is 19.6. The van der Waals surface area contributed by atoms with Gasteiger partial charge in [-0.05, 0) is 61.7 Å². The van der Waals surface area contributed by atoms with Crippen molar-refractivity contribution in [1.29, 1.82) is 0 Å². The Morgan fingerprint density at radius 1 is 1.00 bits per heavy atom. The van der Waals surface area contributed by atoms with Crippen molar-refractivity contribution in [3.8, 4) is 0 Å². The summed E-state index contributed by atoms with van der Waals surface area (Å²) in [4.78, 5) is 32.0. The molecule has 0 radical (unpaired) electrons. The van der Waals surface area contributed by atoms with Gasteiger partial charge in [-0.3, -0.25) is 9.59 Å². The zero-order chi connectivity index (χ0) is 24.8. The van der Waals surface area contributed by atoms with Crippen LogP contribution in [0.4, 0.5) is 8.78 Å². The fraction of sp³-hybridized carbons (Fsp3) is 0.333. The van der Waals surface area contributed by atoms with Crippen molar-refractivity contribution in [2.24, 2.45) is 0 Å². The molecule has 0 bridgehead atoms. The number of carbonyl (C=O) groups is 2. The molecule has 1 aliphatic rings. The van der Waals surface area contributed by atoms with Crippen LogP contribution in [0.25, 0.3) is 0 Å². The topological polar surface area (TPSA) is 49.9 Å². The van der Waals surface area contributed by atoms with Crippen LogP contribution < -0.4 is 0 Å². The minimum absolute atomic E-state index is 0.0720. The predicted molar refractivity (Wildman–Crippen MR) is 131 cm³/mol. The highest BCUT2D eigenvalue weighted by molar-refractivity contribution is 7.11. The molecule has 1 aromatic heterocycles. The Morgan fingerprint density at radius 2 is 1.77 bits per heavy atom. The van der Waals surface area contributed by atoms with E-state index in [-0.39, 0.29) is 43.0 Å². The lowest BCUT2D eigenvalue weighted by Crippen LogP contribution is -2.45. The average Bonchev–Trinajstić information content (AvgIpc) is 3.51. The van der Waals surface area contributed by atoms with E-state index in [1.165, 1.54) is 35.2 Å². The first-order valence-electron chi connectivity index (χ1n) is 11.6. The summed E-state index contributed by atoms with van der Waals surface area (Å²) in [7, 11) is 0. The molecule has 35 heavy (non-hydrogen) atoms. The molecule has 2 heterocycles. The quantitative estimate of drug-likeness (QED) is 0.408. The number of rotatable bonds is 9. The molecule has 1 atom stereocenters. The Balaban J connectivity index is 1.56. The van der Waals surface area contributed by atoms with Gasteiger partial charge in [-0.2, -0.15) is 0 Å². The summed E-state index contributed by atoms with van der Waals surface area (Å²) in [5, 5.41) is 0. The van der Waals surface area contributed by atoms with Crippen LogP contribution in [-0.2, 0) is 22.6 Å². The van der Waals surface area contributed by atoms with Crippen LogP contribution in [0.3, 0.4) is 0 Å². The van der Waals surface area contributed by atoms with Crippen molar-refractivity contribution in [2.45, 2.75) is 39.0 Å². The van der Waals surface area contributed by atoms with E-state index in [1.54, 1.807) is 34.4 Å². The van der Waals surface area contributed by atoms with Crippen LogP contribution in [0.1, 0.15) is 38.5 Å². The van der Waals surface area contributed by atoms with Gasteiger partial charge in [0, 0.05) is 29.5 Å². The molecular weight excluding hydrogens is 470 g/mol. The number of amides is 2. The van der Waals surface area contributed by atoms with E-state index >= 15 is 0 Å². The van der Waals surface area contributed by atoms with E-state index in [1.807, 2.05) is 19.1 Å². The molecule has 184 valence electrons. The van der Waals surface area contributed by atoms with E-state index in [0.29, 0.717) is 13.2 Å². The molecule has 1 aliphatic heterocycles. The molecule has 8 heteroatoms. The second kappa shape index (κ2) is 11.6. The van der Waals surface area contributed by atoms with E-state index < -0.39 is 11.7 Å². The van der Waals surface area contributed by atoms with Crippen LogP contribution in [0.15, 0.2) is 60.7 Å². The van der Waals surface area contributed by atoms with Crippen molar-refractivity contribution in [3.63, 3.8) is 0 Å². The Hall–Kier alpha value is -3.10. The highest BCUT2D eigenvalue weighted by atomic mass is 32.1. The van der Waals surface area contributed by atoms with Gasteiger partial charge in [-0.25, -0.2) is 8.78 Å². The summed E-state index contributed by atoms with van der Waals surface area (Å²) in [6.07, 6.45) is 1.47. The maximum Gasteiger partial charge on any atom is 0.257 e. The highest BCUT2D eigenvalue weighted by Crippen LogP contribution is 2.21. The number of thiophene rings is 1. The van der Waals surface area contributed by atoms with Crippen molar-refractivity contribution in [2.75, 3.05) is 19.7 Å². The van der Waals surface area contributed by atoms with Crippen molar-refractivity contribution in [1.82, 2.24) is 9.80 Å². The van der Waals surface area contributed by atoms with E-state index in [4.69, 9.17) is 4.74 Å². The number of benzene rings is 2. The second-order valence-electron chi connectivity index (χ2n) is 8.69. The fourth-order valence-electron chi connectivity index (χ4n) is 4.12. The first-order chi connectivity index (χ1) is 16.9. The van der Waals surface area contributed by atoms with Gasteiger partial charge in [0.2, 0.25) is 5.91 Å². The summed E-state index contributed by atoms with van der Waals surface area (Å²) in [5.41, 5.74) is 0.705. The molecule has 0 N–H and O–H groups in total. The molecule has 1 fully saturated rings. The van der Waals surface area contributed by atoms with Crippen molar-refractivity contribution in [3.05, 3.63) is 93.2 Å². The average molecular weight is 499 g/mol. The first kappa shape index (κ1) is 25.0. The second-order valence-corrected chi connectivity index (χ2v) is 10.1. The largest absolute Gasteiger partial charge is 0.376 e. The van der Waals surface area contributed by atoms with Gasteiger partial charge in [-0.15, -0.1) is 11.3 Å². The van der Waals surface area contributed by atoms with Crippen LogP contribution >= 0.6 is 11.3 Å². The monoisotopic (exact) mass is 498 g/mol. The molecular formula is C27H28F2N2O3S. The van der Waals surface area contributed by atoms with Gasteiger partial charge in [0.15, 0.2) is 0 Å². The third-order valence-electron chi connectivity index (χ3n) is 5.95. The van der Waals surface area contributed by atoms with Gasteiger partial charge in [0.25, 0.3) is 5.91 Å². The number of nitrogens with zero attached hydrogens (tertiary/aromatic N) is 2. The maximum absolute atomic E-state index is 14.4. The minimum Gasteiger partial charge on any atom is -0.376 e. The van der Waals surface area contributed by atoms with E-state index in [2.05, 4.69) is 0 Å². The van der Waals surface area contributed by atoms with E-state index in [9.17, 15) is 18.4 Å². The smallest absolute Gasteiger partial charge is 0.257 e. The van der Waals surface area contributed by atoms with Crippen molar-refractivity contribution < 1.29 is 23.1 Å². The van der Waals surface area contributed by atoms with Crippen molar-refractivity contribution >= 4 is 23.2 Å². The number of ether oxygens (including phenoxy) is 1. The van der Waals surface area contributed by atoms with Gasteiger partial charge >= 0.3 is 0 Å². The molecule has 1 unspecified atom stereocenters. The molecule has 5 nitrogen and oxygen atoms in total. The summed E-state index contributed by atoms with van der Waals surface area (Å²) in [6, 6.07) is 15.8. The zero-order valence-corrected chi connectivity index (χ0v) is 20.4. The van der Waals surface area contributed by atoms with Gasteiger partial charge < -0.3 is 14.5 Å². The third kappa shape index (κ3) is 6.74. The molecule has 0 saturated carbocycles. The Morgan fingerprint density at radius 3 is 2.43 bits per heavy atom. The lowest BCUT2D eigenvalue weighted by atomic mass is 10.1. The number of halogens is 2. The molecule has 1 saturated heterocycles. The maximum atomic E-state index is 14.4. The van der Waals surface area contributed by atoms with Gasteiger partial charge in [0.05, 0.1) is 18.2 Å². The number of hydrogen-bond donors (Lipinski definition) is 0. The Labute approximate surface area is 207 Å². The first-order valence-corrected chi connectivity index (χ1v) is 12.4. The molecule has 4 rings (SSSR count). The molecule has 3 aromatic rings. The van der Waals surface area contributed by atoms with Crippen LogP contribution in [0.5, 0.6) is 0 Å². The van der Waals surface area contributed by atoms with Crippen LogP contribution in [0.2, 0.25) is 0 Å². The van der Waals surface area contributed by atoms with Gasteiger partial charge in [-0.1, -0.05) is 24.3 Å². The lowest BCUT2D eigenvalue weighted by Gasteiger charge is -2.29. The number of carbonyl (C=O) groups excluding carboxylic acids is 2. The standard InChI is InChI=1S/C27H28F2N2O3S/c1-19-8-13-23(35-19)17-30(15-20-9-11-21(28)12-10-20)26(32)18-31(16-22-5-4-14-34-22)27(33)24-6-2-3-7-25(24)29/h2-3,6-13,22H,4-5,14-18H2,1H3. The molecule has 2 aromatic carbocycles. The molecule has 0 spiro atoms. The molecule has 0 aliphatic carbocycles. The highest BCUT2D eigenvalue weighted by Gasteiger charge is 2.28. The Bertz CT molecular complexity index is 1160. The van der Waals surface area contributed by atoms with Crippen LogP contribution in [0, 0.1) is 18.6 Å². The molecule has 2 amide bonds. The summed E-state index contributed by atoms with van der Waals surface area (Å²) >= 11 is 1.59. The van der Waals surface area contributed by atoms with E-state index in [0.717, 1.165) is 28.2 Å². The normalized spacial score (nSPS) is 15.2. The fourth-order valence-corrected chi connectivity index (χ4v) is 5.03. The minimum atomic E-state index is -0.625. The lowest BCUT2D eigenvalue weighted by molar-refractivity contribution is -0.133. The Kier molecular flexibility index (Phi) is 8.25. The number of hydrogen-bond acceptors (Lipinski definition) is 4. The predicted octanol–water partition coefficient (Wildman–Crippen LogP) is 5.18. The SMILES string of the molecule is Cc1ccc(CN(Cc2ccc(F)cc2)C(=O)CN(CC2CCCO2)C(=O)c2ccccc2F)s1. The van der Waals surface area contributed by atoms with Gasteiger partial charge in [0.1, 0.15) is 18.2 Å².